The summed E-state index contributed by atoms with van der Waals surface area (Å²) in [4.78, 5) is 22.6. The van der Waals surface area contributed by atoms with Gasteiger partial charge in [-0.15, -0.1) is 0 Å². The highest BCUT2D eigenvalue weighted by atomic mass is 16.5. The Bertz CT molecular complexity index is 281. The van der Waals surface area contributed by atoms with Crippen LogP contribution >= 0.6 is 0 Å². The van der Waals surface area contributed by atoms with Crippen molar-refractivity contribution in [3.63, 3.8) is 0 Å². The second-order valence-corrected chi connectivity index (χ2v) is 4.66. The Hall–Kier alpha value is -1.10. The predicted molar refractivity (Wildman–Crippen MR) is 62.7 cm³/mol. The summed E-state index contributed by atoms with van der Waals surface area (Å²) in [5, 5.41) is 11.5. The van der Waals surface area contributed by atoms with Crippen LogP contribution in [-0.2, 0) is 14.3 Å². The van der Waals surface area contributed by atoms with Crippen LogP contribution in [0, 0.1) is 0 Å². The minimum absolute atomic E-state index is 0.229. The maximum absolute atomic E-state index is 11.7. The number of carbonyl (C=O) groups excluding carboxylic acids is 1. The third-order valence-corrected chi connectivity index (χ3v) is 3.39. The number of carboxylic acid groups (broad SMARTS) is 1. The highest BCUT2D eigenvalue weighted by molar-refractivity contribution is 5.84. The number of rotatable bonds is 7. The summed E-state index contributed by atoms with van der Waals surface area (Å²) >= 11 is 0. The summed E-state index contributed by atoms with van der Waals surface area (Å²) in [7, 11) is 1.60. The molecule has 17 heavy (non-hydrogen) atoms. The van der Waals surface area contributed by atoms with Gasteiger partial charge in [-0.1, -0.05) is 13.3 Å². The lowest BCUT2D eigenvalue weighted by molar-refractivity contribution is -0.145. The van der Waals surface area contributed by atoms with Crippen LogP contribution in [-0.4, -0.2) is 35.7 Å². The molecule has 0 aliphatic heterocycles. The average Bonchev–Trinajstić information content (AvgIpc) is 2.22. The van der Waals surface area contributed by atoms with Crippen molar-refractivity contribution in [1.82, 2.24) is 5.32 Å². The molecule has 0 spiro atoms. The van der Waals surface area contributed by atoms with Crippen LogP contribution in [0.5, 0.6) is 0 Å². The SMILES string of the molecule is CCC[C@@H](NC(=O)CC1(OC)CCC1)C(=O)O. The van der Waals surface area contributed by atoms with Crippen molar-refractivity contribution in [1.29, 1.82) is 0 Å². The van der Waals surface area contributed by atoms with Gasteiger partial charge in [0.1, 0.15) is 6.04 Å². The third kappa shape index (κ3) is 3.70. The van der Waals surface area contributed by atoms with Gasteiger partial charge in [0, 0.05) is 7.11 Å². The zero-order chi connectivity index (χ0) is 12.9. The van der Waals surface area contributed by atoms with Gasteiger partial charge in [-0.3, -0.25) is 4.79 Å². The molecule has 98 valence electrons. The minimum Gasteiger partial charge on any atom is -0.480 e. The number of carbonyl (C=O) groups is 2. The molecule has 0 heterocycles. The molecule has 0 unspecified atom stereocenters. The molecule has 1 saturated carbocycles. The van der Waals surface area contributed by atoms with Gasteiger partial charge in [0.25, 0.3) is 0 Å². The van der Waals surface area contributed by atoms with Gasteiger partial charge < -0.3 is 15.2 Å². The Labute approximate surface area is 102 Å². The van der Waals surface area contributed by atoms with Gasteiger partial charge >= 0.3 is 5.97 Å². The molecule has 0 saturated heterocycles. The molecule has 0 aromatic heterocycles. The fraction of sp³-hybridized carbons (Fsp3) is 0.833. The van der Waals surface area contributed by atoms with Crippen molar-refractivity contribution in [2.45, 2.75) is 57.1 Å². The summed E-state index contributed by atoms with van der Waals surface area (Å²) in [6, 6.07) is -0.776. The molecule has 5 heteroatoms. The molecular formula is C12H21NO4. The Morgan fingerprint density at radius 2 is 2.12 bits per heavy atom. The molecule has 0 bridgehead atoms. The van der Waals surface area contributed by atoms with E-state index >= 15 is 0 Å². The lowest BCUT2D eigenvalue weighted by Crippen LogP contribution is -2.47. The second kappa shape index (κ2) is 6.00. The number of methoxy groups -OCH3 is 1. The lowest BCUT2D eigenvalue weighted by Gasteiger charge is -2.40. The highest BCUT2D eigenvalue weighted by Crippen LogP contribution is 2.37. The van der Waals surface area contributed by atoms with Crippen LogP contribution in [0.3, 0.4) is 0 Å². The van der Waals surface area contributed by atoms with Crippen LogP contribution in [0.25, 0.3) is 0 Å². The van der Waals surface area contributed by atoms with E-state index in [9.17, 15) is 9.59 Å². The van der Waals surface area contributed by atoms with Crippen LogP contribution in [0.2, 0.25) is 0 Å². The monoisotopic (exact) mass is 243 g/mol. The Kier molecular flexibility index (Phi) is 4.93. The first-order valence-electron chi connectivity index (χ1n) is 6.10. The first-order chi connectivity index (χ1) is 8.03. The number of ether oxygens (including phenoxy) is 1. The largest absolute Gasteiger partial charge is 0.480 e. The quantitative estimate of drug-likeness (QED) is 0.707. The molecule has 1 amide bonds. The summed E-state index contributed by atoms with van der Waals surface area (Å²) in [5.74, 6) is -1.20. The number of carboxylic acids is 1. The first-order valence-corrected chi connectivity index (χ1v) is 6.10. The number of hydrogen-bond acceptors (Lipinski definition) is 3. The van der Waals surface area contributed by atoms with E-state index in [0.29, 0.717) is 6.42 Å². The fourth-order valence-electron chi connectivity index (χ4n) is 2.11. The van der Waals surface area contributed by atoms with Gasteiger partial charge in [-0.25, -0.2) is 4.79 Å². The van der Waals surface area contributed by atoms with Gasteiger partial charge in [0.15, 0.2) is 0 Å². The molecular weight excluding hydrogens is 222 g/mol. The number of aliphatic carboxylic acids is 1. The van der Waals surface area contributed by atoms with Gasteiger partial charge in [0.2, 0.25) is 5.91 Å². The summed E-state index contributed by atoms with van der Waals surface area (Å²) in [6.07, 6.45) is 4.27. The molecule has 0 aromatic carbocycles. The van der Waals surface area contributed by atoms with E-state index in [1.165, 1.54) is 0 Å². The number of nitrogens with one attached hydrogen (secondary N) is 1. The molecule has 2 N–H and O–H groups in total. The van der Waals surface area contributed by atoms with Gasteiger partial charge in [0.05, 0.1) is 12.0 Å². The Morgan fingerprint density at radius 3 is 2.47 bits per heavy atom. The van der Waals surface area contributed by atoms with Crippen LogP contribution < -0.4 is 5.32 Å². The predicted octanol–water partition coefficient (Wildman–Crippen LogP) is 1.32. The van der Waals surface area contributed by atoms with Crippen molar-refractivity contribution < 1.29 is 19.4 Å². The van der Waals surface area contributed by atoms with Crippen LogP contribution in [0.15, 0.2) is 0 Å². The smallest absolute Gasteiger partial charge is 0.326 e. The standard InChI is InChI=1S/C12H21NO4/c1-3-5-9(11(15)16)13-10(14)8-12(17-2)6-4-7-12/h9H,3-8H2,1-2H3,(H,13,14)(H,15,16)/t9-/m1/s1. The normalized spacial score (nSPS) is 19.2. The molecule has 1 atom stereocenters. The molecule has 0 aromatic rings. The van der Waals surface area contributed by atoms with Crippen LogP contribution in [0.4, 0.5) is 0 Å². The minimum atomic E-state index is -0.972. The molecule has 5 nitrogen and oxygen atoms in total. The van der Waals surface area contributed by atoms with Crippen LogP contribution in [0.1, 0.15) is 45.4 Å². The maximum atomic E-state index is 11.7. The molecule has 1 rings (SSSR count). The summed E-state index contributed by atoms with van der Waals surface area (Å²) in [6.45, 7) is 1.89. The van der Waals surface area contributed by atoms with Crippen molar-refractivity contribution in [3.05, 3.63) is 0 Å². The van der Waals surface area contributed by atoms with E-state index in [1.807, 2.05) is 6.92 Å². The maximum Gasteiger partial charge on any atom is 0.326 e. The van der Waals surface area contributed by atoms with E-state index < -0.39 is 12.0 Å². The number of amides is 1. The van der Waals surface area contributed by atoms with Crippen molar-refractivity contribution >= 4 is 11.9 Å². The van der Waals surface area contributed by atoms with Gasteiger partial charge in [-0.05, 0) is 25.7 Å². The molecule has 1 fully saturated rings. The second-order valence-electron chi connectivity index (χ2n) is 4.66. The average molecular weight is 243 g/mol. The summed E-state index contributed by atoms with van der Waals surface area (Å²) < 4.78 is 5.34. The highest BCUT2D eigenvalue weighted by Gasteiger charge is 2.39. The van der Waals surface area contributed by atoms with E-state index in [4.69, 9.17) is 9.84 Å². The third-order valence-electron chi connectivity index (χ3n) is 3.39. The Morgan fingerprint density at radius 1 is 1.47 bits per heavy atom. The molecule has 1 aliphatic carbocycles. The first kappa shape index (κ1) is 14.0. The summed E-state index contributed by atoms with van der Waals surface area (Å²) in [5.41, 5.74) is -0.348. The van der Waals surface area contributed by atoms with E-state index in [0.717, 1.165) is 25.7 Å². The van der Waals surface area contributed by atoms with Gasteiger partial charge in [-0.2, -0.15) is 0 Å². The van der Waals surface area contributed by atoms with E-state index in [1.54, 1.807) is 7.11 Å². The van der Waals surface area contributed by atoms with Crippen molar-refractivity contribution in [2.24, 2.45) is 0 Å². The Balaban J connectivity index is 2.44. The number of hydrogen-bond donors (Lipinski definition) is 2. The van der Waals surface area contributed by atoms with E-state index in [2.05, 4.69) is 5.32 Å². The molecule has 0 radical (unpaired) electrons. The van der Waals surface area contributed by atoms with E-state index in [-0.39, 0.29) is 17.9 Å². The lowest BCUT2D eigenvalue weighted by atomic mass is 9.77. The zero-order valence-electron chi connectivity index (χ0n) is 10.5. The zero-order valence-corrected chi connectivity index (χ0v) is 10.5. The fourth-order valence-corrected chi connectivity index (χ4v) is 2.11. The topological polar surface area (TPSA) is 75.6 Å². The van der Waals surface area contributed by atoms with Crippen molar-refractivity contribution in [2.75, 3.05) is 7.11 Å². The molecule has 1 aliphatic rings. The van der Waals surface area contributed by atoms with Crippen molar-refractivity contribution in [3.8, 4) is 0 Å².